The topological polar surface area (TPSA) is 97.9 Å². The summed E-state index contributed by atoms with van der Waals surface area (Å²) in [4.78, 5) is 36.2. The molecule has 0 aliphatic carbocycles. The smallest absolute Gasteiger partial charge is 0.0752 e. The third kappa shape index (κ3) is 12.7. The molecule has 0 spiro atoms. The van der Waals surface area contributed by atoms with Gasteiger partial charge >= 0.3 is 0 Å². The first kappa shape index (κ1) is 68.4. The predicted octanol–water partition coefficient (Wildman–Crippen LogP) is 20.9. The molecule has 9 heterocycles. The van der Waals surface area contributed by atoms with E-state index in [-0.39, 0.29) is 32.5 Å². The van der Waals surface area contributed by atoms with Crippen molar-refractivity contribution in [1.29, 1.82) is 0 Å². The van der Waals surface area contributed by atoms with Crippen molar-refractivity contribution in [3.05, 3.63) is 261 Å². The molecule has 5 aliphatic heterocycles. The third-order valence-electron chi connectivity index (χ3n) is 21.1. The quantitative estimate of drug-likeness (QED) is 0.160. The van der Waals surface area contributed by atoms with Crippen LogP contribution in [0.25, 0.3) is 96.1 Å². The molecule has 7 nitrogen and oxygen atoms in total. The van der Waals surface area contributed by atoms with Crippen molar-refractivity contribution in [3.63, 3.8) is 0 Å². The highest BCUT2D eigenvalue weighted by molar-refractivity contribution is 6.33. The molecule has 7 heteroatoms. The summed E-state index contributed by atoms with van der Waals surface area (Å²) in [6.45, 7) is 55.1. The Labute approximate surface area is 599 Å². The first-order valence-electron chi connectivity index (χ1n) is 36.3. The van der Waals surface area contributed by atoms with Gasteiger partial charge < -0.3 is 15.0 Å². The predicted molar refractivity (Wildman–Crippen MR) is 432 cm³/mol. The second-order valence-corrected chi connectivity index (χ2v) is 35.6. The van der Waals surface area contributed by atoms with Crippen LogP contribution in [0.15, 0.2) is 155 Å². The molecule has 0 unspecified atom stereocenters. The molecule has 0 fully saturated rings. The molecule has 0 saturated heterocycles. The van der Waals surface area contributed by atoms with E-state index in [0.29, 0.717) is 0 Å². The van der Waals surface area contributed by atoms with Crippen molar-refractivity contribution in [2.45, 2.75) is 199 Å². The highest BCUT2D eigenvalue weighted by Gasteiger charge is 2.30. The number of aryl methyl sites for hydroxylation is 6. The molecule has 0 atom stereocenters. The van der Waals surface area contributed by atoms with Crippen LogP contribution in [0.2, 0.25) is 0 Å². The second kappa shape index (κ2) is 24.0. The number of hydrogen-bond acceptors (Lipinski definition) is 4. The van der Waals surface area contributed by atoms with E-state index in [4.69, 9.17) is 20.0 Å². The molecule has 3 N–H and O–H groups in total. The van der Waals surface area contributed by atoms with E-state index in [2.05, 4.69) is 339 Å². The first-order chi connectivity index (χ1) is 47.2. The van der Waals surface area contributed by atoms with E-state index in [0.717, 1.165) is 144 Å². The van der Waals surface area contributed by atoms with E-state index in [1.165, 1.54) is 66.8 Å². The van der Waals surface area contributed by atoms with Gasteiger partial charge in [0.15, 0.2) is 0 Å². The molecule has 101 heavy (non-hydrogen) atoms. The Hall–Kier alpha value is -9.72. The summed E-state index contributed by atoms with van der Waals surface area (Å²) in [5, 5.41) is 3.73. The van der Waals surface area contributed by atoms with Crippen molar-refractivity contribution < 1.29 is 0 Å². The average molecular weight is 1330 g/mol. The minimum atomic E-state index is -0.172. The summed E-state index contributed by atoms with van der Waals surface area (Å²) in [7, 11) is 0. The lowest BCUT2D eigenvalue weighted by Gasteiger charge is -2.26. The Balaban J connectivity index is 1.25. The Kier molecular flexibility index (Phi) is 16.2. The number of fused-ring (bicyclic) bond motifs is 10. The van der Waals surface area contributed by atoms with Crippen LogP contribution >= 0.6 is 0 Å². The van der Waals surface area contributed by atoms with E-state index in [9.17, 15) is 0 Å². The maximum absolute atomic E-state index is 6.04. The van der Waals surface area contributed by atoms with Crippen molar-refractivity contribution in [3.8, 4) is 33.4 Å². The van der Waals surface area contributed by atoms with Crippen molar-refractivity contribution >= 4 is 74.1 Å². The number of hydrogen-bond donors (Lipinski definition) is 3. The summed E-state index contributed by atoms with van der Waals surface area (Å²) < 4.78 is 0. The van der Waals surface area contributed by atoms with Gasteiger partial charge in [-0.05, 0) is 236 Å². The number of nitrogens with one attached hydrogen (secondary N) is 3. The number of benzene rings is 5. The number of allylic oxidation sites excluding steroid dienone is 4. The largest absolute Gasteiger partial charge is 0.354 e. The molecule has 4 aromatic heterocycles. The monoisotopic (exact) mass is 1330 g/mol. The van der Waals surface area contributed by atoms with Gasteiger partial charge in [-0.1, -0.05) is 215 Å². The minimum absolute atomic E-state index is 0.153. The Bertz CT molecular complexity index is 5590. The van der Waals surface area contributed by atoms with Crippen LogP contribution in [0.4, 0.5) is 0 Å². The van der Waals surface area contributed by atoms with Crippen molar-refractivity contribution in [2.24, 2.45) is 9.98 Å². The van der Waals surface area contributed by atoms with Crippen molar-refractivity contribution in [2.75, 3.05) is 0 Å². The summed E-state index contributed by atoms with van der Waals surface area (Å²) >= 11 is 0. The van der Waals surface area contributed by atoms with Crippen LogP contribution in [0.5, 0.6) is 0 Å². The van der Waals surface area contributed by atoms with Gasteiger partial charge in [-0.25, -0.2) is 20.0 Å². The van der Waals surface area contributed by atoms with Gasteiger partial charge in [0.05, 0.1) is 50.8 Å². The van der Waals surface area contributed by atoms with E-state index in [1.54, 1.807) is 0 Å². The molecule has 0 radical (unpaired) electrons. The molecular formula is C94H101N7. The van der Waals surface area contributed by atoms with Gasteiger partial charge in [-0.3, -0.25) is 0 Å². The normalized spacial score (nSPS) is 14.9. The highest BCUT2D eigenvalue weighted by atomic mass is 14.8. The minimum Gasteiger partial charge on any atom is -0.354 e. The molecule has 14 rings (SSSR count). The van der Waals surface area contributed by atoms with Crippen LogP contribution in [0.3, 0.4) is 0 Å². The molecular weight excluding hydrogens is 1230 g/mol. The fraction of sp³-hybridized carbons (Fsp3) is 0.319. The van der Waals surface area contributed by atoms with Crippen LogP contribution in [0, 0.1) is 41.5 Å². The van der Waals surface area contributed by atoms with Crippen LogP contribution in [-0.4, -0.2) is 36.3 Å². The standard InChI is InChI=1S/C94H101N7/c1-51-35-53(3)82(54(4)36-51)87-74-27-25-68(95-74)66-48-80-85(58-41-62(91(13,14)15)46-63(42-58)92(16,17)18)72-31-29-70(97-72)84(57-39-60(89(7,8)9)45-61(40-57)90(10,11)12)71-30-32-73(98-71)86(59-43-64(93(19,20)21)47-65(44-59)94(22,23)24)81-49-67(79(101-81)50-78(66)100-80)69-26-28-75(96-69)88(77-34-33-76(87)99-77)83-55(5)37-52(2)38-56(83)6/h25-50,97,99,101H,1-24H3. The van der Waals surface area contributed by atoms with Gasteiger partial charge in [0.1, 0.15) is 0 Å². The van der Waals surface area contributed by atoms with Crippen LogP contribution < -0.4 is 21.3 Å². The summed E-state index contributed by atoms with van der Waals surface area (Å²) in [6.07, 6.45) is 15.7. The summed E-state index contributed by atoms with van der Waals surface area (Å²) in [6, 6.07) is 44.6. The SMILES string of the molecule is Cc1cc(C)c(C2=c3ccc([nH]3)=C(c3c(C)cc(C)cc3C)C3=NC(=c4cc5[nH]c4cc4nc(c(-c6cc(C(C)(C)C)cc(C(C)(C)C)c6)c6ccc([nH]6)c(-c6cc(C(C)(C)C)cc(C(C)(C)C)c6)c6nc(c5-c5cc(C(C)(C)C)cc(C(C)(C)C)c5)C=C6)=CC4=C4C=CC2=N4)C=C3)c(C)c1. The zero-order chi connectivity index (χ0) is 72.3. The zero-order valence-electron chi connectivity index (χ0n) is 64.3. The molecule has 0 saturated carbocycles. The van der Waals surface area contributed by atoms with E-state index < -0.39 is 0 Å². The maximum Gasteiger partial charge on any atom is 0.0752 e. The Morgan fingerprint density at radius 2 is 0.673 bits per heavy atom. The second-order valence-electron chi connectivity index (χ2n) is 35.6. The van der Waals surface area contributed by atoms with Gasteiger partial charge in [0.2, 0.25) is 0 Å². The molecule has 0 amide bonds. The summed E-state index contributed by atoms with van der Waals surface area (Å²) in [5.74, 6) is 0. The number of aromatic amines is 3. The number of rotatable bonds is 5. The van der Waals surface area contributed by atoms with Gasteiger partial charge in [-0.15, -0.1) is 0 Å². The fourth-order valence-corrected chi connectivity index (χ4v) is 15.4. The number of nitrogens with zero attached hydrogens (tertiary/aromatic N) is 4. The zero-order valence-corrected chi connectivity index (χ0v) is 64.3. The van der Waals surface area contributed by atoms with Crippen molar-refractivity contribution in [1.82, 2.24) is 24.9 Å². The number of aromatic nitrogens is 5. The third-order valence-corrected chi connectivity index (χ3v) is 21.1. The van der Waals surface area contributed by atoms with Gasteiger partial charge in [0, 0.05) is 65.9 Å². The maximum atomic E-state index is 6.04. The molecule has 5 aromatic carbocycles. The number of aliphatic imine (C=N–C) groups is 2. The molecule has 512 valence electrons. The van der Waals surface area contributed by atoms with Gasteiger partial charge in [0.25, 0.3) is 0 Å². The number of H-pyrrole nitrogens is 3. The van der Waals surface area contributed by atoms with E-state index >= 15 is 0 Å². The van der Waals surface area contributed by atoms with Crippen LogP contribution in [0.1, 0.15) is 220 Å². The Morgan fingerprint density at radius 3 is 1.09 bits per heavy atom. The lowest BCUT2D eigenvalue weighted by atomic mass is 9.78. The molecule has 5 aliphatic rings. The first-order valence-corrected chi connectivity index (χ1v) is 36.3. The highest BCUT2D eigenvalue weighted by Crippen LogP contribution is 2.43. The lowest BCUT2D eigenvalue weighted by Crippen LogP contribution is -2.22. The van der Waals surface area contributed by atoms with E-state index in [1.807, 2.05) is 0 Å². The lowest BCUT2D eigenvalue weighted by molar-refractivity contribution is 0.568. The average Bonchev–Trinajstić information content (AvgIpc) is 1.64. The fourth-order valence-electron chi connectivity index (χ4n) is 15.4. The summed E-state index contributed by atoms with van der Waals surface area (Å²) in [5.41, 5.74) is 35.0. The van der Waals surface area contributed by atoms with Crippen LogP contribution in [-0.2, 0) is 32.5 Å². The molecule has 14 bridgehead atoms. The molecule has 9 aromatic rings. The Morgan fingerprint density at radius 1 is 0.307 bits per heavy atom. The van der Waals surface area contributed by atoms with Gasteiger partial charge in [-0.2, -0.15) is 0 Å².